The highest BCUT2D eigenvalue weighted by molar-refractivity contribution is 5.44. The van der Waals surface area contributed by atoms with Gasteiger partial charge >= 0.3 is 0 Å². The van der Waals surface area contributed by atoms with Crippen LogP contribution in [0.3, 0.4) is 0 Å². The van der Waals surface area contributed by atoms with Crippen LogP contribution in [0.1, 0.15) is 31.4 Å². The van der Waals surface area contributed by atoms with Gasteiger partial charge in [-0.15, -0.1) is 0 Å². The van der Waals surface area contributed by atoms with E-state index >= 15 is 0 Å². The lowest BCUT2D eigenvalue weighted by Crippen LogP contribution is -2.24. The molecule has 2 aliphatic heterocycles. The van der Waals surface area contributed by atoms with E-state index in [-0.39, 0.29) is 6.10 Å². The van der Waals surface area contributed by atoms with Crippen molar-refractivity contribution in [3.8, 4) is 11.5 Å². The van der Waals surface area contributed by atoms with Gasteiger partial charge in [-0.3, -0.25) is 0 Å². The highest BCUT2D eigenvalue weighted by Gasteiger charge is 2.30. The van der Waals surface area contributed by atoms with Crippen molar-refractivity contribution in [3.05, 3.63) is 23.8 Å². The average Bonchev–Trinajstić information content (AvgIpc) is 2.81. The predicted molar refractivity (Wildman–Crippen MR) is 77.4 cm³/mol. The van der Waals surface area contributed by atoms with Crippen LogP contribution in [-0.2, 0) is 4.74 Å². The second-order valence-electron chi connectivity index (χ2n) is 5.40. The van der Waals surface area contributed by atoms with Crippen LogP contribution in [0, 0.1) is 5.92 Å². The molecule has 2 unspecified atom stereocenters. The zero-order valence-corrected chi connectivity index (χ0v) is 12.1. The van der Waals surface area contributed by atoms with Crippen molar-refractivity contribution in [3.63, 3.8) is 0 Å². The highest BCUT2D eigenvalue weighted by Crippen LogP contribution is 2.38. The number of benzene rings is 1. The summed E-state index contributed by atoms with van der Waals surface area (Å²) in [6.45, 7) is 6.45. The van der Waals surface area contributed by atoms with Gasteiger partial charge in [-0.2, -0.15) is 0 Å². The van der Waals surface area contributed by atoms with E-state index in [2.05, 4.69) is 24.4 Å². The molecule has 0 aliphatic carbocycles. The van der Waals surface area contributed by atoms with Crippen molar-refractivity contribution in [2.75, 3.05) is 32.9 Å². The van der Waals surface area contributed by atoms with Crippen molar-refractivity contribution in [2.45, 2.75) is 25.9 Å². The molecule has 4 heteroatoms. The summed E-state index contributed by atoms with van der Waals surface area (Å²) >= 11 is 0. The standard InChI is InChI=1S/C16H23NO3/c1-2-17-11-13-6-9-20-16(13)12-4-5-14-15(10-12)19-8-3-7-18-14/h4-5,10,13,16-17H,2-3,6-9,11H2,1H3. The number of nitrogens with one attached hydrogen (secondary N) is 1. The Labute approximate surface area is 120 Å². The summed E-state index contributed by atoms with van der Waals surface area (Å²) in [5.41, 5.74) is 1.20. The number of rotatable bonds is 4. The smallest absolute Gasteiger partial charge is 0.161 e. The van der Waals surface area contributed by atoms with Crippen molar-refractivity contribution in [1.82, 2.24) is 5.32 Å². The van der Waals surface area contributed by atoms with Gasteiger partial charge in [0.2, 0.25) is 0 Å². The lowest BCUT2D eigenvalue weighted by molar-refractivity contribution is 0.0904. The fourth-order valence-corrected chi connectivity index (χ4v) is 2.90. The largest absolute Gasteiger partial charge is 0.490 e. The number of fused-ring (bicyclic) bond motifs is 1. The van der Waals surface area contributed by atoms with Gasteiger partial charge in [-0.25, -0.2) is 0 Å². The molecule has 0 spiro atoms. The summed E-state index contributed by atoms with van der Waals surface area (Å²) in [7, 11) is 0. The fraction of sp³-hybridized carbons (Fsp3) is 0.625. The molecular formula is C16H23NO3. The van der Waals surface area contributed by atoms with Crippen molar-refractivity contribution < 1.29 is 14.2 Å². The number of ether oxygens (including phenoxy) is 3. The fourth-order valence-electron chi connectivity index (χ4n) is 2.90. The van der Waals surface area contributed by atoms with E-state index in [4.69, 9.17) is 14.2 Å². The molecular weight excluding hydrogens is 254 g/mol. The molecule has 1 N–H and O–H groups in total. The van der Waals surface area contributed by atoms with E-state index in [0.29, 0.717) is 5.92 Å². The third kappa shape index (κ3) is 2.91. The number of hydrogen-bond donors (Lipinski definition) is 1. The lowest BCUT2D eigenvalue weighted by atomic mass is 9.95. The van der Waals surface area contributed by atoms with Crippen LogP contribution >= 0.6 is 0 Å². The molecule has 0 amide bonds. The molecule has 0 bridgehead atoms. The maximum atomic E-state index is 5.93. The van der Waals surface area contributed by atoms with Gasteiger partial charge in [0.15, 0.2) is 11.5 Å². The van der Waals surface area contributed by atoms with Gasteiger partial charge in [0.05, 0.1) is 19.3 Å². The Hall–Kier alpha value is -1.26. The van der Waals surface area contributed by atoms with Gasteiger partial charge in [-0.05, 0) is 30.7 Å². The molecule has 3 rings (SSSR count). The molecule has 1 aromatic rings. The second kappa shape index (κ2) is 6.46. The zero-order valence-electron chi connectivity index (χ0n) is 12.1. The summed E-state index contributed by atoms with van der Waals surface area (Å²) in [6, 6.07) is 6.22. The molecule has 2 heterocycles. The van der Waals surface area contributed by atoms with Gasteiger partial charge in [-0.1, -0.05) is 13.0 Å². The molecule has 0 radical (unpaired) electrons. The SMILES string of the molecule is CCNCC1CCOC1c1ccc2c(c1)OCCCO2. The molecule has 110 valence electrons. The van der Waals surface area contributed by atoms with Crippen molar-refractivity contribution in [2.24, 2.45) is 5.92 Å². The van der Waals surface area contributed by atoms with Crippen LogP contribution in [0.15, 0.2) is 18.2 Å². The maximum absolute atomic E-state index is 5.93. The van der Waals surface area contributed by atoms with Gasteiger partial charge < -0.3 is 19.5 Å². The third-order valence-corrected chi connectivity index (χ3v) is 3.97. The van der Waals surface area contributed by atoms with Crippen LogP contribution in [0.2, 0.25) is 0 Å². The summed E-state index contributed by atoms with van der Waals surface area (Å²) < 4.78 is 17.4. The Morgan fingerprint density at radius 1 is 1.15 bits per heavy atom. The first kappa shape index (κ1) is 13.7. The number of hydrogen-bond acceptors (Lipinski definition) is 4. The maximum Gasteiger partial charge on any atom is 0.161 e. The molecule has 4 nitrogen and oxygen atoms in total. The van der Waals surface area contributed by atoms with E-state index in [1.54, 1.807) is 0 Å². The van der Waals surface area contributed by atoms with E-state index in [1.165, 1.54) is 5.56 Å². The highest BCUT2D eigenvalue weighted by atomic mass is 16.5. The summed E-state index contributed by atoms with van der Waals surface area (Å²) in [5.74, 6) is 2.25. The van der Waals surface area contributed by atoms with E-state index in [0.717, 1.165) is 57.3 Å². The van der Waals surface area contributed by atoms with Crippen LogP contribution in [0.25, 0.3) is 0 Å². The minimum atomic E-state index is 0.172. The van der Waals surface area contributed by atoms with E-state index in [1.807, 2.05) is 6.07 Å². The Morgan fingerprint density at radius 3 is 2.85 bits per heavy atom. The molecule has 20 heavy (non-hydrogen) atoms. The summed E-state index contributed by atoms with van der Waals surface area (Å²) in [4.78, 5) is 0. The Balaban J connectivity index is 1.77. The van der Waals surface area contributed by atoms with E-state index in [9.17, 15) is 0 Å². The Kier molecular flexibility index (Phi) is 4.43. The molecule has 2 atom stereocenters. The minimum Gasteiger partial charge on any atom is -0.490 e. The molecule has 2 aliphatic rings. The average molecular weight is 277 g/mol. The molecule has 0 saturated carbocycles. The first-order valence-corrected chi connectivity index (χ1v) is 7.60. The Bertz CT molecular complexity index is 449. The van der Waals surface area contributed by atoms with Crippen molar-refractivity contribution in [1.29, 1.82) is 0 Å². The Morgan fingerprint density at radius 2 is 2.00 bits per heavy atom. The summed E-state index contributed by atoms with van der Waals surface area (Å²) in [5, 5.41) is 3.43. The topological polar surface area (TPSA) is 39.7 Å². The van der Waals surface area contributed by atoms with Gasteiger partial charge in [0, 0.05) is 25.5 Å². The van der Waals surface area contributed by atoms with Crippen LogP contribution in [0.5, 0.6) is 11.5 Å². The first-order chi connectivity index (χ1) is 9.88. The molecule has 1 fully saturated rings. The predicted octanol–water partition coefficient (Wildman–Crippen LogP) is 2.54. The van der Waals surface area contributed by atoms with Crippen LogP contribution < -0.4 is 14.8 Å². The van der Waals surface area contributed by atoms with Crippen molar-refractivity contribution >= 4 is 0 Å². The van der Waals surface area contributed by atoms with Crippen LogP contribution in [-0.4, -0.2) is 32.9 Å². The zero-order chi connectivity index (χ0) is 13.8. The molecule has 1 aromatic carbocycles. The van der Waals surface area contributed by atoms with Gasteiger partial charge in [0.1, 0.15) is 0 Å². The summed E-state index contributed by atoms with van der Waals surface area (Å²) in [6.07, 6.45) is 2.23. The second-order valence-corrected chi connectivity index (χ2v) is 5.40. The lowest BCUT2D eigenvalue weighted by Gasteiger charge is -2.20. The normalized spacial score (nSPS) is 25.4. The van der Waals surface area contributed by atoms with Gasteiger partial charge in [0.25, 0.3) is 0 Å². The first-order valence-electron chi connectivity index (χ1n) is 7.60. The van der Waals surface area contributed by atoms with Crippen LogP contribution in [0.4, 0.5) is 0 Å². The third-order valence-electron chi connectivity index (χ3n) is 3.97. The van der Waals surface area contributed by atoms with E-state index < -0.39 is 0 Å². The molecule has 1 saturated heterocycles. The monoisotopic (exact) mass is 277 g/mol. The quantitative estimate of drug-likeness (QED) is 0.918. The minimum absolute atomic E-state index is 0.172. The molecule has 0 aromatic heterocycles.